The summed E-state index contributed by atoms with van der Waals surface area (Å²) in [5, 5.41) is 0.553. The van der Waals surface area contributed by atoms with Crippen LogP contribution in [0.2, 0.25) is 0 Å². The van der Waals surface area contributed by atoms with Crippen molar-refractivity contribution >= 4 is 28.5 Å². The van der Waals surface area contributed by atoms with E-state index in [2.05, 4.69) is 4.98 Å². The second-order valence-corrected chi connectivity index (χ2v) is 7.21. The van der Waals surface area contributed by atoms with Crippen LogP contribution in [-0.2, 0) is 22.6 Å². The van der Waals surface area contributed by atoms with Gasteiger partial charge in [0.2, 0.25) is 0 Å². The topological polar surface area (TPSA) is 94.8 Å². The van der Waals surface area contributed by atoms with Crippen LogP contribution in [0.25, 0.3) is 0 Å². The van der Waals surface area contributed by atoms with Crippen LogP contribution < -0.4 is 5.73 Å². The lowest BCUT2D eigenvalue weighted by atomic mass is 9.96. The number of fused-ring (bicyclic) bond motifs is 1. The zero-order chi connectivity index (χ0) is 18.5. The van der Waals surface area contributed by atoms with Gasteiger partial charge in [-0.25, -0.2) is 24.3 Å². The van der Waals surface area contributed by atoms with Gasteiger partial charge in [0.1, 0.15) is 0 Å². The number of amides is 1. The third-order valence-corrected chi connectivity index (χ3v) is 5.22. The SMILES string of the molecule is CCCN(C(=O)OOC(=O)c1ccccc1)[C@H]1CCc2nc(N)sc2C1. The van der Waals surface area contributed by atoms with Crippen LogP contribution in [0.5, 0.6) is 0 Å². The Labute approximate surface area is 155 Å². The van der Waals surface area contributed by atoms with Crippen molar-refractivity contribution in [3.63, 3.8) is 0 Å². The van der Waals surface area contributed by atoms with Crippen molar-refractivity contribution in [1.29, 1.82) is 0 Å². The van der Waals surface area contributed by atoms with E-state index in [1.807, 2.05) is 6.92 Å². The summed E-state index contributed by atoms with van der Waals surface area (Å²) < 4.78 is 0. The molecule has 8 heteroatoms. The number of rotatable bonds is 4. The third kappa shape index (κ3) is 4.13. The summed E-state index contributed by atoms with van der Waals surface area (Å²) in [6.45, 7) is 2.51. The van der Waals surface area contributed by atoms with E-state index in [-0.39, 0.29) is 6.04 Å². The van der Waals surface area contributed by atoms with Gasteiger partial charge in [0, 0.05) is 23.9 Å². The molecule has 2 aromatic rings. The maximum absolute atomic E-state index is 12.5. The molecule has 0 unspecified atom stereocenters. The highest BCUT2D eigenvalue weighted by molar-refractivity contribution is 7.15. The molecule has 1 amide bonds. The summed E-state index contributed by atoms with van der Waals surface area (Å²) in [4.78, 5) is 41.0. The van der Waals surface area contributed by atoms with Crippen molar-refractivity contribution in [1.82, 2.24) is 9.88 Å². The lowest BCUT2D eigenvalue weighted by Gasteiger charge is -2.32. The van der Waals surface area contributed by atoms with E-state index in [0.29, 0.717) is 23.7 Å². The Kier molecular flexibility index (Phi) is 5.72. The van der Waals surface area contributed by atoms with Crippen molar-refractivity contribution in [2.45, 2.75) is 38.6 Å². The molecule has 1 atom stereocenters. The van der Waals surface area contributed by atoms with E-state index in [4.69, 9.17) is 15.5 Å². The van der Waals surface area contributed by atoms with Gasteiger partial charge in [-0.15, -0.1) is 11.3 Å². The third-order valence-electron chi connectivity index (χ3n) is 4.27. The number of aromatic nitrogens is 1. The molecule has 0 saturated carbocycles. The van der Waals surface area contributed by atoms with E-state index in [1.54, 1.807) is 35.2 Å². The predicted molar refractivity (Wildman–Crippen MR) is 97.7 cm³/mol. The van der Waals surface area contributed by atoms with Crippen molar-refractivity contribution in [2.24, 2.45) is 0 Å². The number of benzene rings is 1. The van der Waals surface area contributed by atoms with Crippen LogP contribution in [0.15, 0.2) is 30.3 Å². The van der Waals surface area contributed by atoms with Crippen LogP contribution in [-0.4, -0.2) is 34.5 Å². The average molecular weight is 375 g/mol. The van der Waals surface area contributed by atoms with Gasteiger partial charge in [-0.3, -0.25) is 0 Å². The minimum atomic E-state index is -0.698. The Morgan fingerprint density at radius 1 is 1.31 bits per heavy atom. The minimum absolute atomic E-state index is 0.0229. The number of carbonyl (C=O) groups is 2. The fraction of sp³-hybridized carbons (Fsp3) is 0.389. The van der Waals surface area contributed by atoms with E-state index < -0.39 is 12.1 Å². The molecule has 0 spiro atoms. The van der Waals surface area contributed by atoms with Crippen LogP contribution >= 0.6 is 11.3 Å². The molecule has 2 N–H and O–H groups in total. The van der Waals surface area contributed by atoms with Gasteiger partial charge in [0.25, 0.3) is 0 Å². The normalized spacial score (nSPS) is 15.8. The second kappa shape index (κ2) is 8.18. The number of nitrogen functional groups attached to an aromatic ring is 1. The first-order chi connectivity index (χ1) is 12.6. The standard InChI is InChI=1S/C18H21N3O4S/c1-2-10-21(13-8-9-14-15(11-13)26-17(19)20-14)18(23)25-24-16(22)12-6-4-3-5-7-12/h3-7,13H,2,8-11H2,1H3,(H2,19,20)/t13-/m0/s1. The quantitative estimate of drug-likeness (QED) is 0.651. The van der Waals surface area contributed by atoms with E-state index >= 15 is 0 Å². The second-order valence-electron chi connectivity index (χ2n) is 6.10. The fourth-order valence-electron chi connectivity index (χ4n) is 3.05. The van der Waals surface area contributed by atoms with E-state index in [1.165, 1.54) is 11.3 Å². The van der Waals surface area contributed by atoms with Crippen LogP contribution in [0.3, 0.4) is 0 Å². The fourth-order valence-corrected chi connectivity index (χ4v) is 4.00. The highest BCUT2D eigenvalue weighted by Gasteiger charge is 2.31. The molecule has 3 rings (SSSR count). The monoisotopic (exact) mass is 375 g/mol. The molecule has 1 aromatic heterocycles. The number of aryl methyl sites for hydroxylation is 1. The lowest BCUT2D eigenvalue weighted by molar-refractivity contribution is -0.194. The molecule has 1 aliphatic rings. The first kappa shape index (κ1) is 18.2. The smallest absolute Gasteiger partial charge is 0.375 e. The van der Waals surface area contributed by atoms with Gasteiger partial charge >= 0.3 is 12.1 Å². The van der Waals surface area contributed by atoms with E-state index in [0.717, 1.165) is 29.8 Å². The first-order valence-corrected chi connectivity index (χ1v) is 9.38. The van der Waals surface area contributed by atoms with Crippen molar-refractivity contribution in [3.05, 3.63) is 46.5 Å². The maximum Gasteiger partial charge on any atom is 0.453 e. The number of hydrogen-bond donors (Lipinski definition) is 1. The molecule has 0 bridgehead atoms. The summed E-state index contributed by atoms with van der Waals surface area (Å²) in [5.74, 6) is -0.698. The Hall–Kier alpha value is -2.61. The number of nitrogens with zero attached hydrogens (tertiary/aromatic N) is 2. The van der Waals surface area contributed by atoms with Crippen LogP contribution in [0, 0.1) is 0 Å². The number of hydrogen-bond acceptors (Lipinski definition) is 7. The summed E-state index contributed by atoms with van der Waals surface area (Å²) >= 11 is 1.46. The molecule has 0 aliphatic heterocycles. The van der Waals surface area contributed by atoms with Crippen LogP contribution in [0.4, 0.5) is 9.93 Å². The molecule has 1 heterocycles. The zero-order valence-electron chi connectivity index (χ0n) is 14.5. The molecule has 1 aliphatic carbocycles. The van der Waals surface area contributed by atoms with Gasteiger partial charge in [0.15, 0.2) is 5.13 Å². The van der Waals surface area contributed by atoms with Crippen molar-refractivity contribution in [2.75, 3.05) is 12.3 Å². The highest BCUT2D eigenvalue weighted by Crippen LogP contribution is 2.30. The maximum atomic E-state index is 12.5. The van der Waals surface area contributed by atoms with Crippen molar-refractivity contribution < 1.29 is 19.4 Å². The van der Waals surface area contributed by atoms with Gasteiger partial charge in [0.05, 0.1) is 11.3 Å². The molecule has 138 valence electrons. The lowest BCUT2D eigenvalue weighted by Crippen LogP contribution is -2.44. The van der Waals surface area contributed by atoms with Gasteiger partial charge in [-0.2, -0.15) is 0 Å². The number of carbonyl (C=O) groups excluding carboxylic acids is 2. The molecule has 1 aromatic carbocycles. The number of anilines is 1. The van der Waals surface area contributed by atoms with E-state index in [9.17, 15) is 9.59 Å². The predicted octanol–water partition coefficient (Wildman–Crippen LogP) is 3.20. The Morgan fingerprint density at radius 3 is 2.81 bits per heavy atom. The molecular weight excluding hydrogens is 354 g/mol. The number of thiazole rings is 1. The molecule has 7 nitrogen and oxygen atoms in total. The largest absolute Gasteiger partial charge is 0.453 e. The molecule has 0 saturated heterocycles. The molecule has 0 radical (unpaired) electrons. The molecular formula is C18H21N3O4S. The molecule has 26 heavy (non-hydrogen) atoms. The number of nitrogens with two attached hydrogens (primary N) is 1. The summed E-state index contributed by atoms with van der Waals surface area (Å²) in [7, 11) is 0. The molecule has 0 fully saturated rings. The minimum Gasteiger partial charge on any atom is -0.375 e. The van der Waals surface area contributed by atoms with Crippen LogP contribution in [0.1, 0.15) is 40.7 Å². The van der Waals surface area contributed by atoms with Crippen molar-refractivity contribution in [3.8, 4) is 0 Å². The first-order valence-electron chi connectivity index (χ1n) is 8.57. The van der Waals surface area contributed by atoms with Gasteiger partial charge < -0.3 is 10.6 Å². The summed E-state index contributed by atoms with van der Waals surface area (Å²) in [5.41, 5.74) is 7.12. The summed E-state index contributed by atoms with van der Waals surface area (Å²) in [6.07, 6.45) is 2.35. The Bertz CT molecular complexity index is 778. The zero-order valence-corrected chi connectivity index (χ0v) is 15.3. The Balaban J connectivity index is 1.62. The van der Waals surface area contributed by atoms with Gasteiger partial charge in [-0.1, -0.05) is 25.1 Å². The highest BCUT2D eigenvalue weighted by atomic mass is 32.1. The summed E-state index contributed by atoms with van der Waals surface area (Å²) in [6, 6.07) is 8.37. The van der Waals surface area contributed by atoms with Gasteiger partial charge in [-0.05, 0) is 31.4 Å². The Morgan fingerprint density at radius 2 is 2.08 bits per heavy atom. The average Bonchev–Trinajstić information content (AvgIpc) is 3.03.